The standard InChI is InChI=1S/C19H24N4O2/c24-19(17-8-11-25-13-17)22-9-6-16(7-10-22)18-21-20-14-23(18)12-15-4-2-1-3-5-15/h1-5,14,16-17H,6-13H2. The van der Waals surface area contributed by atoms with Gasteiger partial charge in [0.1, 0.15) is 12.2 Å². The minimum atomic E-state index is 0.0679. The van der Waals surface area contributed by atoms with Gasteiger partial charge in [-0.25, -0.2) is 0 Å². The van der Waals surface area contributed by atoms with Crippen LogP contribution in [0.25, 0.3) is 0 Å². The van der Waals surface area contributed by atoms with E-state index in [1.54, 1.807) is 0 Å². The van der Waals surface area contributed by atoms with Gasteiger partial charge in [0, 0.05) is 25.6 Å². The molecular formula is C19H24N4O2. The number of amides is 1. The maximum absolute atomic E-state index is 12.5. The molecule has 25 heavy (non-hydrogen) atoms. The number of likely N-dealkylation sites (tertiary alicyclic amines) is 1. The minimum Gasteiger partial charge on any atom is -0.381 e. The van der Waals surface area contributed by atoms with E-state index in [1.807, 2.05) is 17.3 Å². The fraction of sp³-hybridized carbons (Fsp3) is 0.526. The van der Waals surface area contributed by atoms with E-state index >= 15 is 0 Å². The Morgan fingerprint density at radius 3 is 2.68 bits per heavy atom. The zero-order valence-electron chi connectivity index (χ0n) is 14.4. The fourth-order valence-electron chi connectivity index (χ4n) is 3.83. The van der Waals surface area contributed by atoms with Gasteiger partial charge >= 0.3 is 0 Å². The summed E-state index contributed by atoms with van der Waals surface area (Å²) in [5.74, 6) is 1.75. The highest BCUT2D eigenvalue weighted by Gasteiger charge is 2.32. The van der Waals surface area contributed by atoms with E-state index < -0.39 is 0 Å². The highest BCUT2D eigenvalue weighted by atomic mass is 16.5. The number of carbonyl (C=O) groups excluding carboxylic acids is 1. The van der Waals surface area contributed by atoms with E-state index in [0.29, 0.717) is 12.5 Å². The predicted octanol–water partition coefficient (Wildman–Crippen LogP) is 2.07. The van der Waals surface area contributed by atoms with Crippen LogP contribution in [0.1, 0.15) is 36.6 Å². The van der Waals surface area contributed by atoms with Crippen molar-refractivity contribution in [2.24, 2.45) is 5.92 Å². The van der Waals surface area contributed by atoms with E-state index in [9.17, 15) is 4.79 Å². The minimum absolute atomic E-state index is 0.0679. The molecule has 6 nitrogen and oxygen atoms in total. The number of aromatic nitrogens is 3. The monoisotopic (exact) mass is 340 g/mol. The Kier molecular flexibility index (Phi) is 4.78. The lowest BCUT2D eigenvalue weighted by molar-refractivity contribution is -0.136. The number of hydrogen-bond donors (Lipinski definition) is 0. The van der Waals surface area contributed by atoms with Crippen molar-refractivity contribution in [3.05, 3.63) is 48.0 Å². The predicted molar refractivity (Wildman–Crippen MR) is 93.0 cm³/mol. The third-order valence-corrected chi connectivity index (χ3v) is 5.29. The molecule has 3 heterocycles. The molecule has 0 radical (unpaired) electrons. The second-order valence-corrected chi connectivity index (χ2v) is 6.96. The first-order valence-electron chi connectivity index (χ1n) is 9.09. The van der Waals surface area contributed by atoms with Crippen LogP contribution in [0.4, 0.5) is 0 Å². The second-order valence-electron chi connectivity index (χ2n) is 6.96. The summed E-state index contributed by atoms with van der Waals surface area (Å²) in [6.07, 6.45) is 4.58. The highest BCUT2D eigenvalue weighted by molar-refractivity contribution is 5.79. The molecule has 2 aromatic rings. The summed E-state index contributed by atoms with van der Waals surface area (Å²) in [6, 6.07) is 10.4. The average Bonchev–Trinajstić information content (AvgIpc) is 3.34. The number of benzene rings is 1. The molecule has 0 N–H and O–H groups in total. The molecule has 6 heteroatoms. The molecule has 0 spiro atoms. The van der Waals surface area contributed by atoms with Gasteiger partial charge in [-0.05, 0) is 24.8 Å². The summed E-state index contributed by atoms with van der Waals surface area (Å²) in [4.78, 5) is 14.5. The molecule has 2 aliphatic rings. The topological polar surface area (TPSA) is 60.2 Å². The normalized spacial score (nSPS) is 21.6. The van der Waals surface area contributed by atoms with Crippen molar-refractivity contribution in [2.45, 2.75) is 31.7 Å². The zero-order chi connectivity index (χ0) is 17.1. The van der Waals surface area contributed by atoms with Gasteiger partial charge in [-0.1, -0.05) is 30.3 Å². The van der Waals surface area contributed by atoms with Crippen LogP contribution >= 0.6 is 0 Å². The lowest BCUT2D eigenvalue weighted by atomic mass is 9.94. The van der Waals surface area contributed by atoms with Crippen LogP contribution in [-0.2, 0) is 16.1 Å². The molecule has 4 rings (SSSR count). The van der Waals surface area contributed by atoms with Crippen LogP contribution in [0.5, 0.6) is 0 Å². The van der Waals surface area contributed by atoms with E-state index in [1.165, 1.54) is 5.56 Å². The van der Waals surface area contributed by atoms with Crippen molar-refractivity contribution in [1.29, 1.82) is 0 Å². The molecule has 0 bridgehead atoms. The van der Waals surface area contributed by atoms with Crippen molar-refractivity contribution in [2.75, 3.05) is 26.3 Å². The quantitative estimate of drug-likeness (QED) is 0.855. The summed E-state index contributed by atoms with van der Waals surface area (Å²) in [6.45, 7) is 3.71. The molecule has 0 aliphatic carbocycles. The van der Waals surface area contributed by atoms with E-state index in [2.05, 4.69) is 39.0 Å². The van der Waals surface area contributed by atoms with Gasteiger partial charge in [0.2, 0.25) is 5.91 Å². The summed E-state index contributed by atoms with van der Waals surface area (Å²) in [7, 11) is 0. The zero-order valence-corrected chi connectivity index (χ0v) is 14.4. The SMILES string of the molecule is O=C(C1CCOC1)N1CCC(c2nncn2Cc2ccccc2)CC1. The molecule has 1 unspecified atom stereocenters. The first kappa shape index (κ1) is 16.3. The number of hydrogen-bond acceptors (Lipinski definition) is 4. The number of rotatable bonds is 4. The van der Waals surface area contributed by atoms with E-state index in [4.69, 9.17) is 4.74 Å². The number of piperidine rings is 1. The van der Waals surface area contributed by atoms with Crippen molar-refractivity contribution >= 4 is 5.91 Å². The average molecular weight is 340 g/mol. The molecular weight excluding hydrogens is 316 g/mol. The molecule has 1 atom stereocenters. The largest absolute Gasteiger partial charge is 0.381 e. The Balaban J connectivity index is 1.38. The van der Waals surface area contributed by atoms with Gasteiger partial charge in [0.25, 0.3) is 0 Å². The number of ether oxygens (including phenoxy) is 1. The summed E-state index contributed by atoms with van der Waals surface area (Å²) in [5.41, 5.74) is 1.25. The van der Waals surface area contributed by atoms with Crippen molar-refractivity contribution in [3.8, 4) is 0 Å². The Morgan fingerprint density at radius 1 is 1.16 bits per heavy atom. The van der Waals surface area contributed by atoms with Gasteiger partial charge in [-0.3, -0.25) is 4.79 Å². The Labute approximate surface area is 147 Å². The molecule has 2 saturated heterocycles. The molecule has 1 aromatic heterocycles. The second kappa shape index (κ2) is 7.35. The van der Waals surface area contributed by atoms with Crippen molar-refractivity contribution in [3.63, 3.8) is 0 Å². The van der Waals surface area contributed by atoms with Gasteiger partial charge in [-0.15, -0.1) is 10.2 Å². The van der Waals surface area contributed by atoms with Crippen LogP contribution in [0, 0.1) is 5.92 Å². The summed E-state index contributed by atoms with van der Waals surface area (Å²) < 4.78 is 7.49. The molecule has 0 saturated carbocycles. The van der Waals surface area contributed by atoms with Gasteiger partial charge < -0.3 is 14.2 Å². The van der Waals surface area contributed by atoms with Crippen LogP contribution in [0.3, 0.4) is 0 Å². The lowest BCUT2D eigenvalue weighted by Crippen LogP contribution is -2.41. The third-order valence-electron chi connectivity index (χ3n) is 5.29. The van der Waals surface area contributed by atoms with Crippen molar-refractivity contribution in [1.82, 2.24) is 19.7 Å². The fourth-order valence-corrected chi connectivity index (χ4v) is 3.83. The highest BCUT2D eigenvalue weighted by Crippen LogP contribution is 2.28. The van der Waals surface area contributed by atoms with Gasteiger partial charge in [-0.2, -0.15) is 0 Å². The molecule has 2 aliphatic heterocycles. The van der Waals surface area contributed by atoms with Gasteiger partial charge in [0.05, 0.1) is 19.1 Å². The van der Waals surface area contributed by atoms with Crippen molar-refractivity contribution < 1.29 is 9.53 Å². The third kappa shape index (κ3) is 3.58. The lowest BCUT2D eigenvalue weighted by Gasteiger charge is -2.33. The summed E-state index contributed by atoms with van der Waals surface area (Å²) in [5, 5.41) is 8.50. The smallest absolute Gasteiger partial charge is 0.228 e. The van der Waals surface area contributed by atoms with Crippen LogP contribution in [0.15, 0.2) is 36.7 Å². The van der Waals surface area contributed by atoms with Crippen LogP contribution in [0.2, 0.25) is 0 Å². The Morgan fingerprint density at radius 2 is 1.96 bits per heavy atom. The van der Waals surface area contributed by atoms with Gasteiger partial charge in [0.15, 0.2) is 0 Å². The summed E-state index contributed by atoms with van der Waals surface area (Å²) >= 11 is 0. The first-order chi connectivity index (χ1) is 12.3. The first-order valence-corrected chi connectivity index (χ1v) is 9.09. The maximum Gasteiger partial charge on any atom is 0.228 e. The van der Waals surface area contributed by atoms with Crippen LogP contribution < -0.4 is 0 Å². The number of carbonyl (C=O) groups is 1. The Hall–Kier alpha value is -2.21. The molecule has 132 valence electrons. The maximum atomic E-state index is 12.5. The Bertz CT molecular complexity index is 701. The molecule has 1 aromatic carbocycles. The molecule has 1 amide bonds. The van der Waals surface area contributed by atoms with E-state index in [0.717, 1.165) is 51.3 Å². The number of nitrogens with zero attached hydrogens (tertiary/aromatic N) is 4. The van der Waals surface area contributed by atoms with Crippen LogP contribution in [-0.4, -0.2) is 51.9 Å². The molecule has 2 fully saturated rings. The van der Waals surface area contributed by atoms with E-state index in [-0.39, 0.29) is 11.8 Å².